The largest absolute Gasteiger partial charge is 0.481 e. The van der Waals surface area contributed by atoms with Gasteiger partial charge in [-0.25, -0.2) is 4.39 Å². The van der Waals surface area contributed by atoms with E-state index in [1.807, 2.05) is 0 Å². The summed E-state index contributed by atoms with van der Waals surface area (Å²) in [5.74, 6) is -3.18. The Balaban J connectivity index is 2.69. The number of hydrogen-bond donors (Lipinski definition) is 1. The van der Waals surface area contributed by atoms with Crippen LogP contribution in [0.25, 0.3) is 0 Å². The van der Waals surface area contributed by atoms with Gasteiger partial charge in [0.25, 0.3) is 0 Å². The molecule has 0 radical (unpaired) electrons. The van der Waals surface area contributed by atoms with Crippen molar-refractivity contribution in [1.82, 2.24) is 0 Å². The first-order chi connectivity index (χ1) is 7.02. The summed E-state index contributed by atoms with van der Waals surface area (Å²) in [7, 11) is 0. The molecule has 0 bridgehead atoms. The monoisotopic (exact) mass is 272 g/mol. The number of aliphatic carboxylic acids is 1. The zero-order valence-electron chi connectivity index (χ0n) is 7.46. The smallest absolute Gasteiger partial charge is 0.311 e. The molecule has 1 aliphatic rings. The van der Waals surface area contributed by atoms with E-state index in [9.17, 15) is 14.0 Å². The van der Waals surface area contributed by atoms with Crippen LogP contribution >= 0.6 is 15.9 Å². The average Bonchev–Trinajstić information content (AvgIpc) is 2.51. The van der Waals surface area contributed by atoms with Gasteiger partial charge in [-0.15, -0.1) is 0 Å². The summed E-state index contributed by atoms with van der Waals surface area (Å²) < 4.78 is 13.9. The third kappa shape index (κ3) is 1.47. The Morgan fingerprint density at radius 2 is 2.20 bits per heavy atom. The molecule has 1 aliphatic carbocycles. The van der Waals surface area contributed by atoms with Crippen LogP contribution in [0.15, 0.2) is 16.6 Å². The Labute approximate surface area is 93.0 Å². The SMILES string of the molecule is O=C1CC(C(=O)O)c2c(F)ccc(Br)c21. The van der Waals surface area contributed by atoms with Crippen molar-refractivity contribution < 1.29 is 19.1 Å². The first-order valence-corrected chi connectivity index (χ1v) is 5.05. The van der Waals surface area contributed by atoms with E-state index in [0.717, 1.165) is 6.07 Å². The van der Waals surface area contributed by atoms with Crippen molar-refractivity contribution in [2.75, 3.05) is 0 Å². The van der Waals surface area contributed by atoms with Gasteiger partial charge in [0.15, 0.2) is 5.78 Å². The maximum Gasteiger partial charge on any atom is 0.311 e. The average molecular weight is 273 g/mol. The number of Topliss-reactive ketones (excluding diaryl/α,β-unsaturated/α-hetero) is 1. The molecule has 0 amide bonds. The summed E-state index contributed by atoms with van der Waals surface area (Å²) >= 11 is 3.12. The van der Waals surface area contributed by atoms with E-state index in [1.54, 1.807) is 0 Å². The maximum atomic E-state index is 13.4. The molecular weight excluding hydrogens is 267 g/mol. The Morgan fingerprint density at radius 3 is 2.80 bits per heavy atom. The van der Waals surface area contributed by atoms with Crippen LogP contribution in [0.3, 0.4) is 0 Å². The molecule has 5 heteroatoms. The van der Waals surface area contributed by atoms with Crippen LogP contribution in [0.4, 0.5) is 4.39 Å². The van der Waals surface area contributed by atoms with Gasteiger partial charge in [-0.3, -0.25) is 9.59 Å². The fraction of sp³-hybridized carbons (Fsp3) is 0.200. The first kappa shape index (κ1) is 10.3. The number of halogens is 2. The summed E-state index contributed by atoms with van der Waals surface area (Å²) in [6, 6.07) is 2.58. The van der Waals surface area contributed by atoms with Crippen molar-refractivity contribution in [2.45, 2.75) is 12.3 Å². The summed E-state index contributed by atoms with van der Waals surface area (Å²) in [6.45, 7) is 0. The minimum Gasteiger partial charge on any atom is -0.481 e. The Bertz CT molecular complexity index is 470. The standard InChI is InChI=1S/C10H6BrFO3/c11-5-1-2-6(12)8-4(10(14)15)3-7(13)9(5)8/h1-2,4H,3H2,(H,14,15). The minimum absolute atomic E-state index is 0.00174. The van der Waals surface area contributed by atoms with Crippen molar-refractivity contribution in [3.8, 4) is 0 Å². The highest BCUT2D eigenvalue weighted by Crippen LogP contribution is 2.38. The van der Waals surface area contributed by atoms with Crippen molar-refractivity contribution in [2.24, 2.45) is 0 Å². The number of benzene rings is 1. The molecule has 0 spiro atoms. The van der Waals surface area contributed by atoms with Crippen LogP contribution in [-0.2, 0) is 4.79 Å². The molecule has 15 heavy (non-hydrogen) atoms. The normalized spacial score (nSPS) is 19.1. The van der Waals surface area contributed by atoms with Crippen molar-refractivity contribution in [3.05, 3.63) is 33.5 Å². The van der Waals surface area contributed by atoms with E-state index in [4.69, 9.17) is 5.11 Å². The second-order valence-corrected chi connectivity index (χ2v) is 4.19. The van der Waals surface area contributed by atoms with Crippen LogP contribution in [0, 0.1) is 5.82 Å². The van der Waals surface area contributed by atoms with Gasteiger partial charge in [0.1, 0.15) is 5.82 Å². The molecule has 1 aromatic carbocycles. The van der Waals surface area contributed by atoms with E-state index < -0.39 is 17.7 Å². The highest BCUT2D eigenvalue weighted by Gasteiger charge is 2.38. The van der Waals surface area contributed by atoms with Crippen LogP contribution in [0.2, 0.25) is 0 Å². The van der Waals surface area contributed by atoms with Gasteiger partial charge in [0.05, 0.1) is 5.92 Å². The van der Waals surface area contributed by atoms with Crippen molar-refractivity contribution >= 4 is 27.7 Å². The molecule has 0 aliphatic heterocycles. The molecule has 3 nitrogen and oxygen atoms in total. The quantitative estimate of drug-likeness (QED) is 0.854. The number of rotatable bonds is 1. The van der Waals surface area contributed by atoms with Crippen LogP contribution in [0.1, 0.15) is 28.3 Å². The lowest BCUT2D eigenvalue weighted by molar-refractivity contribution is -0.138. The van der Waals surface area contributed by atoms with Gasteiger partial charge in [0, 0.05) is 22.0 Å². The Hall–Kier alpha value is -1.23. The lowest BCUT2D eigenvalue weighted by atomic mass is 10.0. The van der Waals surface area contributed by atoms with Crippen LogP contribution in [0.5, 0.6) is 0 Å². The lowest BCUT2D eigenvalue weighted by Gasteiger charge is -2.06. The predicted octanol–water partition coefficient (Wildman–Crippen LogP) is 2.34. The molecule has 1 N–H and O–H groups in total. The number of fused-ring (bicyclic) bond motifs is 1. The van der Waals surface area contributed by atoms with E-state index in [-0.39, 0.29) is 23.3 Å². The van der Waals surface area contributed by atoms with Crippen LogP contribution < -0.4 is 0 Å². The molecule has 1 atom stereocenters. The summed E-state index contributed by atoms with van der Waals surface area (Å²) in [5.41, 5.74) is 0.171. The maximum absolute atomic E-state index is 13.4. The molecule has 0 saturated heterocycles. The number of carboxylic acids is 1. The highest BCUT2D eigenvalue weighted by molar-refractivity contribution is 9.10. The van der Waals surface area contributed by atoms with Gasteiger partial charge < -0.3 is 5.11 Å². The molecule has 0 aromatic heterocycles. The fourth-order valence-corrected chi connectivity index (χ4v) is 2.36. The van der Waals surface area contributed by atoms with Crippen molar-refractivity contribution in [3.63, 3.8) is 0 Å². The minimum atomic E-state index is -1.17. The van der Waals surface area contributed by atoms with Crippen LogP contribution in [-0.4, -0.2) is 16.9 Å². The Morgan fingerprint density at radius 1 is 1.53 bits per heavy atom. The molecule has 0 heterocycles. The lowest BCUT2D eigenvalue weighted by Crippen LogP contribution is -2.09. The zero-order chi connectivity index (χ0) is 11.2. The summed E-state index contributed by atoms with van der Waals surface area (Å²) in [6.07, 6.45) is -0.163. The molecule has 0 saturated carbocycles. The predicted molar refractivity (Wildman–Crippen MR) is 53.4 cm³/mol. The van der Waals surface area contributed by atoms with E-state index in [0.29, 0.717) is 4.47 Å². The zero-order valence-corrected chi connectivity index (χ0v) is 9.04. The van der Waals surface area contributed by atoms with Crippen molar-refractivity contribution in [1.29, 1.82) is 0 Å². The molecular formula is C10H6BrFO3. The third-order valence-electron chi connectivity index (χ3n) is 2.46. The van der Waals surface area contributed by atoms with E-state index in [1.165, 1.54) is 6.07 Å². The second kappa shape index (κ2) is 3.41. The first-order valence-electron chi connectivity index (χ1n) is 4.26. The number of ketones is 1. The number of carbonyl (C=O) groups is 2. The number of hydrogen-bond acceptors (Lipinski definition) is 2. The van der Waals surface area contributed by atoms with Gasteiger partial charge in [0.2, 0.25) is 0 Å². The van der Waals surface area contributed by atoms with Gasteiger partial charge in [-0.1, -0.05) is 15.9 Å². The summed E-state index contributed by atoms with van der Waals surface area (Å²) in [5, 5.41) is 8.86. The number of carbonyl (C=O) groups excluding carboxylic acids is 1. The van der Waals surface area contributed by atoms with E-state index in [2.05, 4.69) is 15.9 Å². The third-order valence-corrected chi connectivity index (χ3v) is 3.12. The molecule has 78 valence electrons. The summed E-state index contributed by atoms with van der Waals surface area (Å²) in [4.78, 5) is 22.3. The number of carboxylic acid groups (broad SMARTS) is 1. The highest BCUT2D eigenvalue weighted by atomic mass is 79.9. The Kier molecular flexibility index (Phi) is 2.34. The fourth-order valence-electron chi connectivity index (χ4n) is 1.79. The van der Waals surface area contributed by atoms with Gasteiger partial charge in [-0.05, 0) is 12.1 Å². The molecule has 1 aromatic rings. The molecule has 1 unspecified atom stereocenters. The van der Waals surface area contributed by atoms with Gasteiger partial charge in [-0.2, -0.15) is 0 Å². The molecule has 2 rings (SSSR count). The van der Waals surface area contributed by atoms with E-state index >= 15 is 0 Å². The van der Waals surface area contributed by atoms with Gasteiger partial charge >= 0.3 is 5.97 Å². The molecule has 0 fully saturated rings. The second-order valence-electron chi connectivity index (χ2n) is 3.34. The topological polar surface area (TPSA) is 54.4 Å².